The summed E-state index contributed by atoms with van der Waals surface area (Å²) in [6.07, 6.45) is 5.36. The Morgan fingerprint density at radius 2 is 2.04 bits per heavy atom. The van der Waals surface area contributed by atoms with Crippen molar-refractivity contribution in [2.45, 2.75) is 18.9 Å². The van der Waals surface area contributed by atoms with E-state index in [0.717, 1.165) is 53.0 Å². The van der Waals surface area contributed by atoms with E-state index in [9.17, 15) is 4.79 Å². The van der Waals surface area contributed by atoms with Crippen molar-refractivity contribution in [1.82, 2.24) is 19.9 Å². The van der Waals surface area contributed by atoms with Crippen LogP contribution in [0.5, 0.6) is 0 Å². The lowest BCUT2D eigenvalue weighted by atomic mass is 10.0. The van der Waals surface area contributed by atoms with Crippen molar-refractivity contribution in [3.8, 4) is 0 Å². The fraction of sp³-hybridized carbons (Fsp3) is 0.286. The molecule has 7 heteroatoms. The molecule has 0 saturated carbocycles. The van der Waals surface area contributed by atoms with Crippen LogP contribution in [-0.4, -0.2) is 51.9 Å². The number of hydrogen-bond donors (Lipinski definition) is 1. The maximum atomic E-state index is 13.0. The summed E-state index contributed by atoms with van der Waals surface area (Å²) in [5.74, 6) is 1.10. The first-order chi connectivity index (χ1) is 13.7. The van der Waals surface area contributed by atoms with Crippen molar-refractivity contribution in [3.05, 3.63) is 53.8 Å². The van der Waals surface area contributed by atoms with E-state index >= 15 is 0 Å². The highest BCUT2D eigenvalue weighted by atomic mass is 32.1. The quantitative estimate of drug-likeness (QED) is 0.575. The normalized spacial score (nSPS) is 15.4. The Hall–Kier alpha value is -2.93. The van der Waals surface area contributed by atoms with Gasteiger partial charge in [-0.05, 0) is 36.4 Å². The molecule has 0 unspecified atom stereocenters. The van der Waals surface area contributed by atoms with Crippen molar-refractivity contribution in [1.29, 1.82) is 0 Å². The van der Waals surface area contributed by atoms with E-state index in [1.54, 1.807) is 17.7 Å². The van der Waals surface area contributed by atoms with Crippen molar-refractivity contribution >= 4 is 44.2 Å². The van der Waals surface area contributed by atoms with E-state index in [1.165, 1.54) is 4.70 Å². The third-order valence-electron chi connectivity index (χ3n) is 5.60. The molecule has 1 aliphatic heterocycles. The molecule has 0 atom stereocenters. The zero-order chi connectivity index (χ0) is 19.1. The third kappa shape index (κ3) is 2.92. The van der Waals surface area contributed by atoms with Gasteiger partial charge in [0.05, 0.1) is 10.3 Å². The molecule has 0 spiro atoms. The summed E-state index contributed by atoms with van der Waals surface area (Å²) >= 11 is 1.58. The fourth-order valence-corrected chi connectivity index (χ4v) is 5.04. The second kappa shape index (κ2) is 6.91. The number of benzene rings is 1. The first-order valence-corrected chi connectivity index (χ1v) is 10.3. The van der Waals surface area contributed by atoms with Crippen LogP contribution in [0.1, 0.15) is 22.5 Å². The SMILES string of the molecule is CN(c1ncnc2[nH]ccc12)C1CCN(C(=O)c2cc3ccccc3s2)CC1. The zero-order valence-electron chi connectivity index (χ0n) is 15.6. The van der Waals surface area contributed by atoms with E-state index in [-0.39, 0.29) is 5.91 Å². The number of aromatic amines is 1. The Morgan fingerprint density at radius 1 is 1.21 bits per heavy atom. The molecule has 4 heterocycles. The van der Waals surface area contributed by atoms with E-state index in [1.807, 2.05) is 35.4 Å². The Morgan fingerprint density at radius 3 is 2.86 bits per heavy atom. The number of carbonyl (C=O) groups excluding carboxylic acids is 1. The minimum atomic E-state index is 0.150. The summed E-state index contributed by atoms with van der Waals surface area (Å²) in [5, 5.41) is 2.18. The van der Waals surface area contributed by atoms with Gasteiger partial charge in [-0.25, -0.2) is 9.97 Å². The van der Waals surface area contributed by atoms with Gasteiger partial charge in [0, 0.05) is 37.1 Å². The smallest absolute Gasteiger partial charge is 0.263 e. The van der Waals surface area contributed by atoms with E-state index in [2.05, 4.69) is 39.0 Å². The number of amides is 1. The molecule has 1 aliphatic rings. The maximum absolute atomic E-state index is 13.0. The first kappa shape index (κ1) is 17.2. The molecule has 28 heavy (non-hydrogen) atoms. The van der Waals surface area contributed by atoms with E-state index in [0.29, 0.717) is 6.04 Å². The van der Waals surface area contributed by atoms with Crippen LogP contribution >= 0.6 is 11.3 Å². The number of H-pyrrole nitrogens is 1. The standard InChI is InChI=1S/C21H21N5OS/c1-25(20-16-6-9-22-19(16)23-13-24-20)15-7-10-26(11-8-15)21(27)18-12-14-4-2-3-5-17(14)28-18/h2-6,9,12-13,15H,7-8,10-11H2,1H3,(H,22,23,24). The minimum absolute atomic E-state index is 0.150. The second-order valence-corrected chi connectivity index (χ2v) is 8.30. The lowest BCUT2D eigenvalue weighted by molar-refractivity contribution is 0.0718. The number of carbonyl (C=O) groups is 1. The summed E-state index contributed by atoms with van der Waals surface area (Å²) in [6.45, 7) is 1.53. The molecule has 1 fully saturated rings. The number of aromatic nitrogens is 3. The monoisotopic (exact) mass is 391 g/mol. The average molecular weight is 392 g/mol. The number of rotatable bonds is 3. The van der Waals surface area contributed by atoms with Crippen LogP contribution in [0.2, 0.25) is 0 Å². The van der Waals surface area contributed by atoms with Gasteiger partial charge in [-0.1, -0.05) is 18.2 Å². The Balaban J connectivity index is 1.29. The highest BCUT2D eigenvalue weighted by Gasteiger charge is 2.28. The number of piperidine rings is 1. The van der Waals surface area contributed by atoms with Crippen LogP contribution in [0.4, 0.5) is 5.82 Å². The van der Waals surface area contributed by atoms with Crippen molar-refractivity contribution < 1.29 is 4.79 Å². The number of anilines is 1. The van der Waals surface area contributed by atoms with Gasteiger partial charge in [0.1, 0.15) is 17.8 Å². The lowest BCUT2D eigenvalue weighted by Gasteiger charge is -2.37. The maximum Gasteiger partial charge on any atom is 0.263 e. The third-order valence-corrected chi connectivity index (χ3v) is 6.71. The number of nitrogens with zero attached hydrogens (tertiary/aromatic N) is 4. The molecule has 142 valence electrons. The Kier molecular flexibility index (Phi) is 4.24. The minimum Gasteiger partial charge on any atom is -0.356 e. The molecule has 0 aliphatic carbocycles. The summed E-state index contributed by atoms with van der Waals surface area (Å²) < 4.78 is 1.17. The number of thiophene rings is 1. The molecule has 3 aromatic heterocycles. The Labute approximate surface area is 166 Å². The highest BCUT2D eigenvalue weighted by molar-refractivity contribution is 7.20. The van der Waals surface area contributed by atoms with Gasteiger partial charge in [0.25, 0.3) is 5.91 Å². The number of nitrogens with one attached hydrogen (secondary N) is 1. The number of hydrogen-bond acceptors (Lipinski definition) is 5. The van der Waals surface area contributed by atoms with Gasteiger partial charge >= 0.3 is 0 Å². The summed E-state index contributed by atoms with van der Waals surface area (Å²) in [5.41, 5.74) is 0.856. The van der Waals surface area contributed by atoms with Crippen LogP contribution in [0.15, 0.2) is 48.9 Å². The molecule has 0 radical (unpaired) electrons. The lowest BCUT2D eigenvalue weighted by Crippen LogP contribution is -2.45. The predicted molar refractivity (Wildman–Crippen MR) is 113 cm³/mol. The molecule has 1 N–H and O–H groups in total. The van der Waals surface area contributed by atoms with Gasteiger partial charge in [0.15, 0.2) is 0 Å². The van der Waals surface area contributed by atoms with E-state index in [4.69, 9.17) is 0 Å². The molecule has 1 amide bonds. The second-order valence-electron chi connectivity index (χ2n) is 7.22. The molecule has 6 nitrogen and oxygen atoms in total. The topological polar surface area (TPSA) is 65.1 Å². The van der Waals surface area contributed by atoms with Gasteiger partial charge in [-0.3, -0.25) is 4.79 Å². The van der Waals surface area contributed by atoms with Crippen molar-refractivity contribution in [2.75, 3.05) is 25.0 Å². The Bertz CT molecular complexity index is 1110. The highest BCUT2D eigenvalue weighted by Crippen LogP contribution is 2.29. The molecule has 5 rings (SSSR count). The van der Waals surface area contributed by atoms with Crippen molar-refractivity contribution in [3.63, 3.8) is 0 Å². The van der Waals surface area contributed by atoms with Crippen LogP contribution < -0.4 is 4.90 Å². The van der Waals surface area contributed by atoms with Crippen LogP contribution in [0.3, 0.4) is 0 Å². The van der Waals surface area contributed by atoms with Crippen LogP contribution in [-0.2, 0) is 0 Å². The molecule has 4 aromatic rings. The van der Waals surface area contributed by atoms with Crippen molar-refractivity contribution in [2.24, 2.45) is 0 Å². The van der Waals surface area contributed by atoms with Crippen LogP contribution in [0, 0.1) is 0 Å². The zero-order valence-corrected chi connectivity index (χ0v) is 16.4. The van der Waals surface area contributed by atoms with Crippen LogP contribution in [0.25, 0.3) is 21.1 Å². The number of fused-ring (bicyclic) bond motifs is 2. The largest absolute Gasteiger partial charge is 0.356 e. The first-order valence-electron chi connectivity index (χ1n) is 9.49. The van der Waals surface area contributed by atoms with Gasteiger partial charge < -0.3 is 14.8 Å². The molecular weight excluding hydrogens is 370 g/mol. The fourth-order valence-electron chi connectivity index (χ4n) is 4.01. The summed E-state index contributed by atoms with van der Waals surface area (Å²) in [7, 11) is 2.09. The predicted octanol–water partition coefficient (Wildman–Crippen LogP) is 3.91. The van der Waals surface area contributed by atoms with Gasteiger partial charge in [-0.15, -0.1) is 11.3 Å². The van der Waals surface area contributed by atoms with Gasteiger partial charge in [0.2, 0.25) is 0 Å². The molecule has 1 aromatic carbocycles. The molecular formula is C21H21N5OS. The van der Waals surface area contributed by atoms with E-state index < -0.39 is 0 Å². The average Bonchev–Trinajstić information content (AvgIpc) is 3.39. The summed E-state index contributed by atoms with van der Waals surface area (Å²) in [6, 6.07) is 12.6. The summed E-state index contributed by atoms with van der Waals surface area (Å²) in [4.78, 5) is 29.9. The number of likely N-dealkylation sites (tertiary alicyclic amines) is 1. The molecule has 0 bridgehead atoms. The van der Waals surface area contributed by atoms with Gasteiger partial charge in [-0.2, -0.15) is 0 Å². The molecule has 1 saturated heterocycles.